The van der Waals surface area contributed by atoms with Crippen molar-refractivity contribution >= 4 is 40.6 Å². The standard InChI is InChI=1S/C26H21FN2O4S/c1-2-29-24(30)23(34-26(29)28-21-11-7-19(8-12-21)25(31)32)15-17-5-13-22(14-6-17)33-16-18-3-9-20(27)10-4-18/h3-15H,2,16H2,1H3,(H,31,32). The number of carbonyl (C=O) groups is 2. The molecule has 1 amide bonds. The van der Waals surface area contributed by atoms with Gasteiger partial charge in [-0.15, -0.1) is 0 Å². The molecule has 0 bridgehead atoms. The van der Waals surface area contributed by atoms with E-state index in [1.165, 1.54) is 36.0 Å². The fraction of sp³-hybridized carbons (Fsp3) is 0.115. The molecule has 1 aliphatic heterocycles. The van der Waals surface area contributed by atoms with Gasteiger partial charge in [-0.3, -0.25) is 9.69 Å². The lowest BCUT2D eigenvalue weighted by molar-refractivity contribution is -0.122. The fourth-order valence-corrected chi connectivity index (χ4v) is 4.28. The fourth-order valence-electron chi connectivity index (χ4n) is 3.22. The highest BCUT2D eigenvalue weighted by Crippen LogP contribution is 2.34. The van der Waals surface area contributed by atoms with Crippen molar-refractivity contribution in [3.8, 4) is 5.75 Å². The molecule has 0 aliphatic carbocycles. The molecule has 1 aliphatic rings. The van der Waals surface area contributed by atoms with Crippen molar-refractivity contribution in [1.29, 1.82) is 0 Å². The number of carbonyl (C=O) groups excluding carboxylic acids is 1. The normalized spacial score (nSPS) is 15.8. The molecule has 4 rings (SSSR count). The van der Waals surface area contributed by atoms with Crippen LogP contribution in [0.1, 0.15) is 28.4 Å². The van der Waals surface area contributed by atoms with Crippen molar-refractivity contribution < 1.29 is 23.8 Å². The number of carboxylic acid groups (broad SMARTS) is 1. The zero-order valence-electron chi connectivity index (χ0n) is 18.3. The van der Waals surface area contributed by atoms with Gasteiger partial charge >= 0.3 is 5.97 Å². The highest BCUT2D eigenvalue weighted by Gasteiger charge is 2.32. The van der Waals surface area contributed by atoms with E-state index in [1.807, 2.05) is 31.2 Å². The topological polar surface area (TPSA) is 79.2 Å². The molecule has 6 nitrogen and oxygen atoms in total. The van der Waals surface area contributed by atoms with Gasteiger partial charge in [0, 0.05) is 6.54 Å². The second-order valence-electron chi connectivity index (χ2n) is 7.39. The van der Waals surface area contributed by atoms with Gasteiger partial charge in [0.25, 0.3) is 5.91 Å². The average molecular weight is 477 g/mol. The van der Waals surface area contributed by atoms with Gasteiger partial charge in [0.05, 0.1) is 16.2 Å². The Morgan fingerprint density at radius 1 is 1.06 bits per heavy atom. The van der Waals surface area contributed by atoms with E-state index in [-0.39, 0.29) is 17.3 Å². The van der Waals surface area contributed by atoms with E-state index < -0.39 is 5.97 Å². The first-order valence-electron chi connectivity index (χ1n) is 10.5. The molecule has 1 heterocycles. The number of likely N-dealkylation sites (N-methyl/N-ethyl adjacent to an activating group) is 1. The van der Waals surface area contributed by atoms with Crippen LogP contribution in [0.4, 0.5) is 10.1 Å². The van der Waals surface area contributed by atoms with E-state index in [0.29, 0.717) is 34.7 Å². The van der Waals surface area contributed by atoms with Crippen molar-refractivity contribution in [1.82, 2.24) is 4.90 Å². The highest BCUT2D eigenvalue weighted by molar-refractivity contribution is 8.18. The molecule has 1 N–H and O–H groups in total. The Morgan fingerprint density at radius 2 is 1.74 bits per heavy atom. The Morgan fingerprint density at radius 3 is 2.35 bits per heavy atom. The van der Waals surface area contributed by atoms with E-state index in [4.69, 9.17) is 9.84 Å². The molecule has 34 heavy (non-hydrogen) atoms. The van der Waals surface area contributed by atoms with Gasteiger partial charge in [-0.1, -0.05) is 24.3 Å². The number of aromatic carboxylic acids is 1. The number of aliphatic imine (C=N–C) groups is 1. The Bertz CT molecular complexity index is 1250. The third-order valence-corrected chi connectivity index (χ3v) is 6.05. The molecule has 0 aromatic heterocycles. The molecule has 8 heteroatoms. The molecule has 3 aromatic rings. The lowest BCUT2D eigenvalue weighted by Crippen LogP contribution is -2.28. The van der Waals surface area contributed by atoms with Crippen LogP contribution in [0.2, 0.25) is 0 Å². The van der Waals surface area contributed by atoms with Crippen LogP contribution >= 0.6 is 11.8 Å². The molecular formula is C26H21FN2O4S. The van der Waals surface area contributed by atoms with E-state index in [2.05, 4.69) is 4.99 Å². The maximum atomic E-state index is 13.0. The lowest BCUT2D eigenvalue weighted by atomic mass is 10.2. The minimum absolute atomic E-state index is 0.134. The minimum Gasteiger partial charge on any atom is -0.489 e. The first-order valence-corrected chi connectivity index (χ1v) is 11.4. The SMILES string of the molecule is CCN1C(=O)C(=Cc2ccc(OCc3ccc(F)cc3)cc2)SC1=Nc1ccc(C(=O)O)cc1. The quantitative estimate of drug-likeness (QED) is 0.441. The minimum atomic E-state index is -1.00. The van der Waals surface area contributed by atoms with Crippen LogP contribution in [-0.2, 0) is 11.4 Å². The summed E-state index contributed by atoms with van der Waals surface area (Å²) in [5.41, 5.74) is 2.46. The number of hydrogen-bond acceptors (Lipinski definition) is 5. The van der Waals surface area contributed by atoms with Crippen LogP contribution < -0.4 is 4.74 Å². The maximum Gasteiger partial charge on any atom is 0.335 e. The van der Waals surface area contributed by atoms with Crippen LogP contribution in [0, 0.1) is 5.82 Å². The Kier molecular flexibility index (Phi) is 7.08. The molecule has 0 unspecified atom stereocenters. The third kappa shape index (κ3) is 5.52. The van der Waals surface area contributed by atoms with Crippen LogP contribution in [0.15, 0.2) is 82.7 Å². The number of ether oxygens (including phenoxy) is 1. The van der Waals surface area contributed by atoms with Gasteiger partial charge in [0.1, 0.15) is 18.2 Å². The lowest BCUT2D eigenvalue weighted by Gasteiger charge is -2.12. The molecule has 3 aromatic carbocycles. The molecule has 1 fully saturated rings. The number of benzene rings is 3. The van der Waals surface area contributed by atoms with Gasteiger partial charge in [-0.05, 0) is 84.4 Å². The van der Waals surface area contributed by atoms with Gasteiger partial charge in [-0.25, -0.2) is 14.2 Å². The molecule has 0 saturated carbocycles. The van der Waals surface area contributed by atoms with Gasteiger partial charge < -0.3 is 9.84 Å². The summed E-state index contributed by atoms with van der Waals surface area (Å²) >= 11 is 1.27. The highest BCUT2D eigenvalue weighted by atomic mass is 32.2. The summed E-state index contributed by atoms with van der Waals surface area (Å²) in [6.07, 6.45) is 1.80. The van der Waals surface area contributed by atoms with Crippen molar-refractivity contribution in [2.75, 3.05) is 6.54 Å². The van der Waals surface area contributed by atoms with Crippen LogP contribution in [0.5, 0.6) is 5.75 Å². The van der Waals surface area contributed by atoms with Crippen molar-refractivity contribution in [2.24, 2.45) is 4.99 Å². The summed E-state index contributed by atoms with van der Waals surface area (Å²) in [6, 6.07) is 19.7. The molecule has 1 saturated heterocycles. The number of thioether (sulfide) groups is 1. The number of amidine groups is 1. The first kappa shape index (κ1) is 23.3. The number of halogens is 1. The van der Waals surface area contributed by atoms with E-state index in [0.717, 1.165) is 11.1 Å². The number of rotatable bonds is 7. The summed E-state index contributed by atoms with van der Waals surface area (Å²) < 4.78 is 18.7. The second-order valence-corrected chi connectivity index (χ2v) is 8.40. The number of hydrogen-bond donors (Lipinski definition) is 1. The largest absolute Gasteiger partial charge is 0.489 e. The van der Waals surface area contributed by atoms with E-state index in [9.17, 15) is 14.0 Å². The summed E-state index contributed by atoms with van der Waals surface area (Å²) in [4.78, 5) is 30.6. The zero-order valence-corrected chi connectivity index (χ0v) is 19.1. The molecule has 0 atom stereocenters. The second kappa shape index (κ2) is 10.4. The Labute approximate surface area is 200 Å². The van der Waals surface area contributed by atoms with Crippen LogP contribution in [0.3, 0.4) is 0 Å². The van der Waals surface area contributed by atoms with E-state index >= 15 is 0 Å². The van der Waals surface area contributed by atoms with Gasteiger partial charge in [-0.2, -0.15) is 0 Å². The maximum absolute atomic E-state index is 13.0. The monoisotopic (exact) mass is 476 g/mol. The number of nitrogens with zero attached hydrogens (tertiary/aromatic N) is 2. The molecule has 172 valence electrons. The summed E-state index contributed by atoms with van der Waals surface area (Å²) in [5.74, 6) is -0.757. The van der Waals surface area contributed by atoms with Crippen LogP contribution in [0.25, 0.3) is 6.08 Å². The molecule has 0 spiro atoms. The Hall–Kier alpha value is -3.91. The zero-order chi connectivity index (χ0) is 24.1. The molecule has 0 radical (unpaired) electrons. The van der Waals surface area contributed by atoms with Gasteiger partial charge in [0.2, 0.25) is 0 Å². The Balaban J connectivity index is 1.46. The third-order valence-electron chi connectivity index (χ3n) is 5.04. The summed E-state index contributed by atoms with van der Waals surface area (Å²) in [6.45, 7) is 2.66. The summed E-state index contributed by atoms with van der Waals surface area (Å²) in [7, 11) is 0. The average Bonchev–Trinajstić information content (AvgIpc) is 3.13. The predicted octanol–water partition coefficient (Wildman–Crippen LogP) is 5.73. The molecular weight excluding hydrogens is 455 g/mol. The smallest absolute Gasteiger partial charge is 0.335 e. The van der Waals surface area contributed by atoms with Crippen molar-refractivity contribution in [2.45, 2.75) is 13.5 Å². The van der Waals surface area contributed by atoms with Crippen LogP contribution in [-0.4, -0.2) is 33.6 Å². The van der Waals surface area contributed by atoms with Crippen molar-refractivity contribution in [3.63, 3.8) is 0 Å². The predicted molar refractivity (Wildman–Crippen MR) is 131 cm³/mol. The van der Waals surface area contributed by atoms with Crippen molar-refractivity contribution in [3.05, 3.63) is 100 Å². The summed E-state index contributed by atoms with van der Waals surface area (Å²) in [5, 5.41) is 9.58. The number of carboxylic acids is 1. The van der Waals surface area contributed by atoms with Gasteiger partial charge in [0.15, 0.2) is 5.17 Å². The number of amides is 1. The van der Waals surface area contributed by atoms with E-state index in [1.54, 1.807) is 35.2 Å². The first-order chi connectivity index (χ1) is 16.4.